The summed E-state index contributed by atoms with van der Waals surface area (Å²) in [6.45, 7) is 5.70. The molecule has 2 atom stereocenters. The summed E-state index contributed by atoms with van der Waals surface area (Å²) in [5, 5.41) is 2.92. The van der Waals surface area contributed by atoms with Crippen LogP contribution in [0.2, 0.25) is 0 Å². The third-order valence-electron chi connectivity index (χ3n) is 3.35. The van der Waals surface area contributed by atoms with Gasteiger partial charge < -0.3 is 15.5 Å². The van der Waals surface area contributed by atoms with Gasteiger partial charge in [0, 0.05) is 5.56 Å². The van der Waals surface area contributed by atoms with E-state index < -0.39 is 6.04 Å². The second-order valence-corrected chi connectivity index (χ2v) is 4.99. The molecule has 1 amide bonds. The Balaban J connectivity index is 2.06. The van der Waals surface area contributed by atoms with E-state index in [9.17, 15) is 4.79 Å². The maximum Gasteiger partial charge on any atom is 0.241 e. The van der Waals surface area contributed by atoms with E-state index in [4.69, 9.17) is 10.2 Å². The minimum absolute atomic E-state index is 0.130. The molecule has 3 N–H and O–H groups in total. The summed E-state index contributed by atoms with van der Waals surface area (Å²) >= 11 is 0. The number of furan rings is 1. The molecule has 20 heavy (non-hydrogen) atoms. The lowest BCUT2D eigenvalue weighted by Crippen LogP contribution is -2.35. The molecule has 4 heteroatoms. The fourth-order valence-electron chi connectivity index (χ4n) is 2.27. The molecule has 1 heterocycles. The summed E-state index contributed by atoms with van der Waals surface area (Å²) in [6.07, 6.45) is 0. The highest BCUT2D eigenvalue weighted by molar-refractivity contribution is 5.83. The molecule has 0 radical (unpaired) electrons. The Kier molecular flexibility index (Phi) is 4.25. The Hall–Kier alpha value is -2.07. The molecule has 1 aromatic heterocycles. The molecule has 0 saturated heterocycles. The number of amides is 1. The van der Waals surface area contributed by atoms with Gasteiger partial charge >= 0.3 is 0 Å². The molecule has 0 bridgehead atoms. The number of carbonyl (C=O) groups is 1. The third kappa shape index (κ3) is 3.08. The van der Waals surface area contributed by atoms with Crippen LogP contribution < -0.4 is 11.1 Å². The first-order chi connectivity index (χ1) is 9.49. The van der Waals surface area contributed by atoms with E-state index in [0.29, 0.717) is 0 Å². The molecule has 2 rings (SSSR count). The normalized spacial score (nSPS) is 13.8. The number of hydrogen-bond donors (Lipinski definition) is 2. The van der Waals surface area contributed by atoms with Crippen molar-refractivity contribution in [3.63, 3.8) is 0 Å². The molecule has 4 nitrogen and oxygen atoms in total. The van der Waals surface area contributed by atoms with Gasteiger partial charge in [-0.15, -0.1) is 0 Å². The first kappa shape index (κ1) is 14.3. The van der Waals surface area contributed by atoms with Crippen LogP contribution >= 0.6 is 0 Å². The van der Waals surface area contributed by atoms with E-state index in [1.807, 2.05) is 57.2 Å². The van der Waals surface area contributed by atoms with Gasteiger partial charge in [-0.3, -0.25) is 4.79 Å². The van der Waals surface area contributed by atoms with Crippen LogP contribution in [-0.4, -0.2) is 5.91 Å². The molecule has 1 unspecified atom stereocenters. The van der Waals surface area contributed by atoms with Crippen LogP contribution in [-0.2, 0) is 4.79 Å². The van der Waals surface area contributed by atoms with Crippen LogP contribution in [0.3, 0.4) is 0 Å². The Labute approximate surface area is 119 Å². The molecule has 0 aliphatic carbocycles. The van der Waals surface area contributed by atoms with Crippen molar-refractivity contribution < 1.29 is 9.21 Å². The average Bonchev–Trinajstić information content (AvgIpc) is 2.78. The van der Waals surface area contributed by atoms with Crippen molar-refractivity contribution in [2.45, 2.75) is 32.9 Å². The number of hydrogen-bond acceptors (Lipinski definition) is 3. The number of nitrogens with one attached hydrogen (secondary N) is 1. The topological polar surface area (TPSA) is 68.3 Å². The first-order valence-electron chi connectivity index (χ1n) is 6.67. The molecule has 106 valence electrons. The highest BCUT2D eigenvalue weighted by Gasteiger charge is 2.20. The number of nitrogens with two attached hydrogens (primary N) is 1. The van der Waals surface area contributed by atoms with E-state index in [0.717, 1.165) is 22.6 Å². The van der Waals surface area contributed by atoms with E-state index in [1.54, 1.807) is 0 Å². The number of benzene rings is 1. The molecular weight excluding hydrogens is 252 g/mol. The van der Waals surface area contributed by atoms with Crippen LogP contribution in [0.15, 0.2) is 40.8 Å². The standard InChI is InChI=1S/C16H20N2O2/c1-10-9-14(12(3)20-10)11(2)18-16(19)15(17)13-7-5-4-6-8-13/h4-9,11,15H,17H2,1-3H3,(H,18,19)/t11?,15-/m0/s1. The van der Waals surface area contributed by atoms with Crippen LogP contribution in [0.5, 0.6) is 0 Å². The Morgan fingerprint density at radius 3 is 2.45 bits per heavy atom. The zero-order valence-corrected chi connectivity index (χ0v) is 12.0. The third-order valence-corrected chi connectivity index (χ3v) is 3.35. The molecule has 2 aromatic rings. The van der Waals surface area contributed by atoms with Crippen LogP contribution in [0, 0.1) is 13.8 Å². The van der Waals surface area contributed by atoms with Gasteiger partial charge in [0.05, 0.1) is 6.04 Å². The minimum Gasteiger partial charge on any atom is -0.466 e. The van der Waals surface area contributed by atoms with Crippen molar-refractivity contribution in [3.05, 3.63) is 59.0 Å². The molecule has 0 aliphatic rings. The molecular formula is C16H20N2O2. The fourth-order valence-corrected chi connectivity index (χ4v) is 2.27. The predicted molar refractivity (Wildman–Crippen MR) is 78.1 cm³/mol. The Bertz CT molecular complexity index is 590. The smallest absolute Gasteiger partial charge is 0.241 e. The van der Waals surface area contributed by atoms with Crippen molar-refractivity contribution in [2.75, 3.05) is 0 Å². The second kappa shape index (κ2) is 5.92. The lowest BCUT2D eigenvalue weighted by molar-refractivity contribution is -0.123. The summed E-state index contributed by atoms with van der Waals surface area (Å²) in [4.78, 5) is 12.2. The van der Waals surface area contributed by atoms with Crippen molar-refractivity contribution in [3.8, 4) is 0 Å². The molecule has 0 aliphatic heterocycles. The van der Waals surface area contributed by atoms with E-state index in [2.05, 4.69) is 5.32 Å². The van der Waals surface area contributed by atoms with Crippen molar-refractivity contribution in [2.24, 2.45) is 5.73 Å². The monoisotopic (exact) mass is 272 g/mol. The zero-order chi connectivity index (χ0) is 14.7. The molecule has 1 aromatic carbocycles. The van der Waals surface area contributed by atoms with Gasteiger partial charge in [0.1, 0.15) is 17.6 Å². The van der Waals surface area contributed by atoms with Gasteiger partial charge in [-0.2, -0.15) is 0 Å². The van der Waals surface area contributed by atoms with Crippen LogP contribution in [0.4, 0.5) is 0 Å². The Morgan fingerprint density at radius 2 is 1.90 bits per heavy atom. The molecule has 0 fully saturated rings. The van der Waals surface area contributed by atoms with Gasteiger partial charge in [0.25, 0.3) is 0 Å². The first-order valence-corrected chi connectivity index (χ1v) is 6.67. The maximum absolute atomic E-state index is 12.2. The van der Waals surface area contributed by atoms with E-state index in [-0.39, 0.29) is 11.9 Å². The van der Waals surface area contributed by atoms with Crippen molar-refractivity contribution in [1.82, 2.24) is 5.32 Å². The van der Waals surface area contributed by atoms with Crippen LogP contribution in [0.25, 0.3) is 0 Å². The zero-order valence-electron chi connectivity index (χ0n) is 12.0. The van der Waals surface area contributed by atoms with Crippen molar-refractivity contribution >= 4 is 5.91 Å². The molecule has 0 spiro atoms. The SMILES string of the molecule is Cc1cc(C(C)NC(=O)[C@@H](N)c2ccccc2)c(C)o1. The Morgan fingerprint density at radius 1 is 1.25 bits per heavy atom. The summed E-state index contributed by atoms with van der Waals surface area (Å²) in [5.41, 5.74) is 7.76. The average molecular weight is 272 g/mol. The molecule has 0 saturated carbocycles. The highest BCUT2D eigenvalue weighted by atomic mass is 16.3. The summed E-state index contributed by atoms with van der Waals surface area (Å²) < 4.78 is 5.48. The van der Waals surface area contributed by atoms with Crippen LogP contribution in [0.1, 0.15) is 41.7 Å². The lowest BCUT2D eigenvalue weighted by atomic mass is 10.1. The number of carbonyl (C=O) groups excluding carboxylic acids is 1. The van der Waals surface area contributed by atoms with Crippen molar-refractivity contribution in [1.29, 1.82) is 0 Å². The van der Waals surface area contributed by atoms with Gasteiger partial charge in [0.15, 0.2) is 0 Å². The van der Waals surface area contributed by atoms with E-state index >= 15 is 0 Å². The summed E-state index contributed by atoms with van der Waals surface area (Å²) in [5.74, 6) is 1.47. The number of aryl methyl sites for hydroxylation is 2. The lowest BCUT2D eigenvalue weighted by Gasteiger charge is -2.17. The summed E-state index contributed by atoms with van der Waals surface area (Å²) in [6, 6.07) is 10.5. The van der Waals surface area contributed by atoms with E-state index in [1.165, 1.54) is 0 Å². The minimum atomic E-state index is -0.660. The fraction of sp³-hybridized carbons (Fsp3) is 0.312. The van der Waals surface area contributed by atoms with Gasteiger partial charge in [-0.05, 0) is 32.4 Å². The highest BCUT2D eigenvalue weighted by Crippen LogP contribution is 2.22. The van der Waals surface area contributed by atoms with Gasteiger partial charge in [0.2, 0.25) is 5.91 Å². The predicted octanol–water partition coefficient (Wildman–Crippen LogP) is 2.77. The van der Waals surface area contributed by atoms with Gasteiger partial charge in [-0.25, -0.2) is 0 Å². The second-order valence-electron chi connectivity index (χ2n) is 4.99. The summed E-state index contributed by atoms with van der Waals surface area (Å²) in [7, 11) is 0. The quantitative estimate of drug-likeness (QED) is 0.899. The maximum atomic E-state index is 12.2. The number of rotatable bonds is 4. The largest absolute Gasteiger partial charge is 0.466 e. The van der Waals surface area contributed by atoms with Gasteiger partial charge in [-0.1, -0.05) is 30.3 Å².